The standard InChI is InChI=1S/C18H18ClN3O2S/c1-12(23)20-14-7-9-15(10-8-14)21-18(25)22-17(24)11-6-13-4-2-3-5-16(13)19/h2-5,7-10H,6,11H2,1H3,(H,20,23)(H2,21,22,24,25). The largest absolute Gasteiger partial charge is 0.332 e. The molecule has 0 radical (unpaired) electrons. The average Bonchev–Trinajstić information content (AvgIpc) is 2.55. The molecule has 2 amide bonds. The van der Waals surface area contributed by atoms with Crippen molar-refractivity contribution < 1.29 is 9.59 Å². The Morgan fingerprint density at radius 2 is 1.60 bits per heavy atom. The number of carbonyl (C=O) groups is 2. The molecule has 0 aliphatic rings. The monoisotopic (exact) mass is 375 g/mol. The number of hydrogen-bond acceptors (Lipinski definition) is 3. The molecular formula is C18H18ClN3O2S. The van der Waals surface area contributed by atoms with Crippen LogP contribution in [0.3, 0.4) is 0 Å². The van der Waals surface area contributed by atoms with Crippen LogP contribution >= 0.6 is 23.8 Å². The Labute approximate surface area is 156 Å². The van der Waals surface area contributed by atoms with Gasteiger partial charge in [0.05, 0.1) is 0 Å². The fourth-order valence-corrected chi connectivity index (χ4v) is 2.60. The molecule has 2 aromatic carbocycles. The molecule has 0 atom stereocenters. The summed E-state index contributed by atoms with van der Waals surface area (Å²) in [5.74, 6) is -0.325. The normalized spacial score (nSPS) is 10.0. The summed E-state index contributed by atoms with van der Waals surface area (Å²) in [6.07, 6.45) is 0.826. The Kier molecular flexibility index (Phi) is 6.91. The number of halogens is 1. The van der Waals surface area contributed by atoms with Gasteiger partial charge in [-0.2, -0.15) is 0 Å². The lowest BCUT2D eigenvalue weighted by Gasteiger charge is -2.10. The SMILES string of the molecule is CC(=O)Nc1ccc(NC(=S)NC(=O)CCc2ccccc2Cl)cc1. The first-order valence-corrected chi connectivity index (χ1v) is 8.44. The third-order valence-electron chi connectivity index (χ3n) is 3.30. The number of anilines is 2. The number of hydrogen-bond donors (Lipinski definition) is 3. The van der Waals surface area contributed by atoms with Crippen molar-refractivity contribution in [2.24, 2.45) is 0 Å². The average molecular weight is 376 g/mol. The molecule has 130 valence electrons. The maximum atomic E-state index is 12.0. The molecular weight excluding hydrogens is 358 g/mol. The van der Waals surface area contributed by atoms with E-state index >= 15 is 0 Å². The molecule has 25 heavy (non-hydrogen) atoms. The summed E-state index contributed by atoms with van der Waals surface area (Å²) in [5.41, 5.74) is 2.32. The summed E-state index contributed by atoms with van der Waals surface area (Å²) >= 11 is 11.2. The zero-order valence-electron chi connectivity index (χ0n) is 13.6. The summed E-state index contributed by atoms with van der Waals surface area (Å²) in [7, 11) is 0. The van der Waals surface area contributed by atoms with Crippen molar-refractivity contribution >= 4 is 52.1 Å². The molecule has 2 aromatic rings. The van der Waals surface area contributed by atoms with Gasteiger partial charge < -0.3 is 16.0 Å². The second-order valence-electron chi connectivity index (χ2n) is 5.35. The molecule has 0 aromatic heterocycles. The van der Waals surface area contributed by atoms with E-state index in [1.807, 2.05) is 18.2 Å². The Balaban J connectivity index is 1.80. The maximum Gasteiger partial charge on any atom is 0.226 e. The highest BCUT2D eigenvalue weighted by Crippen LogP contribution is 2.16. The molecule has 3 N–H and O–H groups in total. The molecule has 0 spiro atoms. The molecule has 0 aliphatic heterocycles. The van der Waals surface area contributed by atoms with E-state index in [4.69, 9.17) is 23.8 Å². The molecule has 0 saturated heterocycles. The smallest absolute Gasteiger partial charge is 0.226 e. The topological polar surface area (TPSA) is 70.2 Å². The number of nitrogens with one attached hydrogen (secondary N) is 3. The van der Waals surface area contributed by atoms with Crippen LogP contribution in [0.1, 0.15) is 18.9 Å². The zero-order valence-corrected chi connectivity index (χ0v) is 15.2. The maximum absolute atomic E-state index is 12.0. The minimum atomic E-state index is -0.188. The molecule has 0 aliphatic carbocycles. The summed E-state index contributed by atoms with van der Waals surface area (Å²) in [5, 5.41) is 9.10. The quantitative estimate of drug-likeness (QED) is 0.696. The third-order valence-corrected chi connectivity index (χ3v) is 3.87. The lowest BCUT2D eigenvalue weighted by Crippen LogP contribution is -2.34. The van der Waals surface area contributed by atoms with E-state index in [1.165, 1.54) is 6.92 Å². The van der Waals surface area contributed by atoms with Crippen LogP contribution in [0.5, 0.6) is 0 Å². The van der Waals surface area contributed by atoms with E-state index in [0.717, 1.165) is 5.56 Å². The van der Waals surface area contributed by atoms with Gasteiger partial charge in [-0.3, -0.25) is 9.59 Å². The van der Waals surface area contributed by atoms with Crippen LogP contribution in [0.25, 0.3) is 0 Å². The molecule has 0 saturated carbocycles. The van der Waals surface area contributed by atoms with E-state index < -0.39 is 0 Å². The summed E-state index contributed by atoms with van der Waals surface area (Å²) in [4.78, 5) is 23.0. The lowest BCUT2D eigenvalue weighted by atomic mass is 10.1. The second-order valence-corrected chi connectivity index (χ2v) is 6.17. The Bertz CT molecular complexity index is 778. The third kappa shape index (κ3) is 6.52. The first-order chi connectivity index (χ1) is 11.9. The van der Waals surface area contributed by atoms with Crippen molar-refractivity contribution in [3.63, 3.8) is 0 Å². The first-order valence-electron chi connectivity index (χ1n) is 7.66. The number of thiocarbonyl (C=S) groups is 1. The fraction of sp³-hybridized carbons (Fsp3) is 0.167. The van der Waals surface area contributed by atoms with Crippen LogP contribution in [0.15, 0.2) is 48.5 Å². The van der Waals surface area contributed by atoms with E-state index in [1.54, 1.807) is 30.3 Å². The molecule has 0 unspecified atom stereocenters. The van der Waals surface area contributed by atoms with Crippen LogP contribution in [0.4, 0.5) is 11.4 Å². The Morgan fingerprint density at radius 3 is 2.20 bits per heavy atom. The van der Waals surface area contributed by atoms with Crippen molar-refractivity contribution in [2.45, 2.75) is 19.8 Å². The summed E-state index contributed by atoms with van der Waals surface area (Å²) < 4.78 is 0. The predicted octanol–water partition coefficient (Wildman–Crippen LogP) is 3.74. The number of rotatable bonds is 5. The van der Waals surface area contributed by atoms with Crippen LogP contribution in [-0.2, 0) is 16.0 Å². The summed E-state index contributed by atoms with van der Waals surface area (Å²) in [6, 6.07) is 14.4. The molecule has 7 heteroatoms. The number of carbonyl (C=O) groups excluding carboxylic acids is 2. The van der Waals surface area contributed by atoms with Gasteiger partial charge in [0.1, 0.15) is 0 Å². The highest BCUT2D eigenvalue weighted by Gasteiger charge is 2.07. The van der Waals surface area contributed by atoms with Gasteiger partial charge in [-0.1, -0.05) is 29.8 Å². The van der Waals surface area contributed by atoms with Crippen molar-refractivity contribution in [1.29, 1.82) is 0 Å². The van der Waals surface area contributed by atoms with Crippen LogP contribution < -0.4 is 16.0 Å². The van der Waals surface area contributed by atoms with E-state index in [-0.39, 0.29) is 23.3 Å². The number of aryl methyl sites for hydroxylation is 1. The van der Waals surface area contributed by atoms with Gasteiger partial charge in [0.2, 0.25) is 11.8 Å². The number of amides is 2. The van der Waals surface area contributed by atoms with Gasteiger partial charge in [-0.25, -0.2) is 0 Å². The molecule has 0 bridgehead atoms. The Hall–Kier alpha value is -2.44. The van der Waals surface area contributed by atoms with Gasteiger partial charge in [0.25, 0.3) is 0 Å². The first kappa shape index (κ1) is 18.9. The van der Waals surface area contributed by atoms with Crippen molar-refractivity contribution in [1.82, 2.24) is 5.32 Å². The minimum absolute atomic E-state index is 0.137. The van der Waals surface area contributed by atoms with Crippen molar-refractivity contribution in [3.8, 4) is 0 Å². The predicted molar refractivity (Wildman–Crippen MR) is 105 cm³/mol. The molecule has 2 rings (SSSR count). The lowest BCUT2D eigenvalue weighted by molar-refractivity contribution is -0.119. The molecule has 0 fully saturated rings. The molecule has 5 nitrogen and oxygen atoms in total. The van der Waals surface area contributed by atoms with Gasteiger partial charge in [-0.15, -0.1) is 0 Å². The van der Waals surface area contributed by atoms with Gasteiger partial charge >= 0.3 is 0 Å². The number of benzene rings is 2. The van der Waals surface area contributed by atoms with E-state index in [9.17, 15) is 9.59 Å². The summed E-state index contributed by atoms with van der Waals surface area (Å²) in [6.45, 7) is 1.44. The highest BCUT2D eigenvalue weighted by molar-refractivity contribution is 7.80. The second kappa shape index (κ2) is 9.15. The van der Waals surface area contributed by atoms with Crippen LogP contribution in [0, 0.1) is 0 Å². The van der Waals surface area contributed by atoms with Gasteiger partial charge in [-0.05, 0) is 54.5 Å². The van der Waals surface area contributed by atoms with E-state index in [0.29, 0.717) is 22.8 Å². The zero-order chi connectivity index (χ0) is 18.2. The van der Waals surface area contributed by atoms with Gasteiger partial charge in [0, 0.05) is 29.7 Å². The molecule has 0 heterocycles. The highest BCUT2D eigenvalue weighted by atomic mass is 35.5. The van der Waals surface area contributed by atoms with Crippen molar-refractivity contribution in [2.75, 3.05) is 10.6 Å². The Morgan fingerprint density at radius 1 is 1.00 bits per heavy atom. The van der Waals surface area contributed by atoms with Crippen LogP contribution in [-0.4, -0.2) is 16.9 Å². The van der Waals surface area contributed by atoms with E-state index in [2.05, 4.69) is 16.0 Å². The van der Waals surface area contributed by atoms with Crippen molar-refractivity contribution in [3.05, 3.63) is 59.1 Å². The minimum Gasteiger partial charge on any atom is -0.332 e. The van der Waals surface area contributed by atoms with Crippen LogP contribution in [0.2, 0.25) is 5.02 Å². The van der Waals surface area contributed by atoms with Gasteiger partial charge in [0.15, 0.2) is 5.11 Å². The fourth-order valence-electron chi connectivity index (χ4n) is 2.14.